The van der Waals surface area contributed by atoms with Gasteiger partial charge in [0.15, 0.2) is 11.5 Å². The summed E-state index contributed by atoms with van der Waals surface area (Å²) in [6.07, 6.45) is -2.01. The van der Waals surface area contributed by atoms with Crippen molar-refractivity contribution in [1.29, 1.82) is 0 Å². The molecule has 0 saturated heterocycles. The molecule has 0 aliphatic rings. The quantitative estimate of drug-likeness (QED) is 0.886. The first-order valence-corrected chi connectivity index (χ1v) is 4.98. The molecule has 0 saturated carbocycles. The summed E-state index contributed by atoms with van der Waals surface area (Å²) in [5, 5.41) is 12.5. The van der Waals surface area contributed by atoms with Crippen LogP contribution in [0.15, 0.2) is 18.5 Å². The third-order valence-electron chi connectivity index (χ3n) is 2.23. The highest BCUT2D eigenvalue weighted by molar-refractivity contribution is 5.31. The van der Waals surface area contributed by atoms with E-state index in [0.717, 1.165) is 16.9 Å². The van der Waals surface area contributed by atoms with Gasteiger partial charge in [-0.3, -0.25) is 0 Å². The average molecular weight is 258 g/mol. The van der Waals surface area contributed by atoms with Gasteiger partial charge in [0, 0.05) is 18.0 Å². The van der Waals surface area contributed by atoms with Gasteiger partial charge in [0.05, 0.1) is 6.61 Å². The highest BCUT2D eigenvalue weighted by atomic mass is 19.4. The molecule has 0 amide bonds. The molecule has 2 aromatic rings. The van der Waals surface area contributed by atoms with Crippen LogP contribution >= 0.6 is 0 Å². The van der Waals surface area contributed by atoms with Gasteiger partial charge in [-0.1, -0.05) is 0 Å². The molecule has 0 aliphatic heterocycles. The van der Waals surface area contributed by atoms with E-state index in [-0.39, 0.29) is 12.4 Å². The second-order valence-corrected chi connectivity index (χ2v) is 3.57. The van der Waals surface area contributed by atoms with Gasteiger partial charge in [-0.05, 0) is 13.0 Å². The Morgan fingerprint density at radius 3 is 2.67 bits per heavy atom. The first kappa shape index (κ1) is 12.5. The molecule has 2 rings (SSSR count). The normalized spacial score (nSPS) is 11.8. The molecule has 8 heteroatoms. The van der Waals surface area contributed by atoms with Crippen LogP contribution in [0.3, 0.4) is 0 Å². The van der Waals surface area contributed by atoms with E-state index in [1.807, 2.05) is 0 Å². The van der Waals surface area contributed by atoms with E-state index in [2.05, 4.69) is 15.1 Å². The summed E-state index contributed by atoms with van der Waals surface area (Å²) >= 11 is 0. The fraction of sp³-hybridized carbons (Fsp3) is 0.300. The summed E-state index contributed by atoms with van der Waals surface area (Å²) in [4.78, 5) is 7.83. The van der Waals surface area contributed by atoms with E-state index < -0.39 is 11.9 Å². The van der Waals surface area contributed by atoms with Gasteiger partial charge in [-0.25, -0.2) is 14.6 Å². The van der Waals surface area contributed by atoms with Crippen LogP contribution in [0.4, 0.5) is 13.2 Å². The molecular formula is C10H9F3N4O. The lowest BCUT2D eigenvalue weighted by Crippen LogP contribution is -2.10. The number of hydrogen-bond donors (Lipinski definition) is 1. The summed E-state index contributed by atoms with van der Waals surface area (Å²) in [6.45, 7) is 1.22. The first-order chi connectivity index (χ1) is 8.41. The average Bonchev–Trinajstić information content (AvgIpc) is 2.77. The number of aryl methyl sites for hydroxylation is 1. The van der Waals surface area contributed by atoms with Crippen molar-refractivity contribution in [2.75, 3.05) is 0 Å². The molecule has 0 radical (unpaired) electrons. The maximum Gasteiger partial charge on any atom is 0.435 e. The fourth-order valence-corrected chi connectivity index (χ4v) is 1.39. The monoisotopic (exact) mass is 258 g/mol. The minimum Gasteiger partial charge on any atom is -0.391 e. The molecule has 96 valence electrons. The van der Waals surface area contributed by atoms with Crippen molar-refractivity contribution in [3.8, 4) is 5.82 Å². The molecule has 0 bridgehead atoms. The molecule has 0 spiro atoms. The minimum atomic E-state index is -4.51. The van der Waals surface area contributed by atoms with Crippen LogP contribution < -0.4 is 0 Å². The van der Waals surface area contributed by atoms with Gasteiger partial charge >= 0.3 is 6.18 Å². The third-order valence-corrected chi connectivity index (χ3v) is 2.23. The van der Waals surface area contributed by atoms with Crippen molar-refractivity contribution in [3.05, 3.63) is 35.5 Å². The van der Waals surface area contributed by atoms with E-state index in [9.17, 15) is 13.2 Å². The zero-order chi connectivity index (χ0) is 13.3. The molecule has 2 heterocycles. The largest absolute Gasteiger partial charge is 0.435 e. The second-order valence-electron chi connectivity index (χ2n) is 3.57. The predicted octanol–water partition coefficient (Wildman–Crippen LogP) is 1.48. The Balaban J connectivity index is 2.49. The molecule has 1 N–H and O–H groups in total. The first-order valence-electron chi connectivity index (χ1n) is 4.98. The molecule has 0 aromatic carbocycles. The van der Waals surface area contributed by atoms with E-state index in [1.54, 1.807) is 6.92 Å². The van der Waals surface area contributed by atoms with Crippen LogP contribution in [0.2, 0.25) is 0 Å². The predicted molar refractivity (Wildman–Crippen MR) is 54.8 cm³/mol. The molecule has 0 aliphatic carbocycles. The Morgan fingerprint density at radius 2 is 2.11 bits per heavy atom. The number of rotatable bonds is 2. The highest BCUT2D eigenvalue weighted by Gasteiger charge is 2.33. The van der Waals surface area contributed by atoms with E-state index in [1.165, 1.54) is 6.20 Å². The summed E-state index contributed by atoms with van der Waals surface area (Å²) in [6, 6.07) is 0.846. The molecule has 0 atom stereocenters. The Bertz CT molecular complexity index is 564. The molecule has 2 aromatic heterocycles. The summed E-state index contributed by atoms with van der Waals surface area (Å²) < 4.78 is 38.2. The van der Waals surface area contributed by atoms with Crippen molar-refractivity contribution in [2.24, 2.45) is 0 Å². The molecule has 5 nitrogen and oxygen atoms in total. The lowest BCUT2D eigenvalue weighted by Gasteiger charge is -2.07. The molecular weight excluding hydrogens is 249 g/mol. The molecule has 0 fully saturated rings. The Labute approximate surface area is 99.9 Å². The van der Waals surface area contributed by atoms with E-state index >= 15 is 0 Å². The van der Waals surface area contributed by atoms with Gasteiger partial charge in [-0.2, -0.15) is 18.3 Å². The molecule has 0 unspecified atom stereocenters. The number of aliphatic hydroxyl groups is 1. The van der Waals surface area contributed by atoms with Gasteiger partial charge in [0.1, 0.15) is 5.82 Å². The fourth-order valence-electron chi connectivity index (χ4n) is 1.39. The van der Waals surface area contributed by atoms with Crippen LogP contribution in [0.5, 0.6) is 0 Å². The highest BCUT2D eigenvalue weighted by Crippen LogP contribution is 2.27. The van der Waals surface area contributed by atoms with Crippen LogP contribution in [0.1, 0.15) is 17.1 Å². The standard InChI is InChI=1S/C10H9F3N4O/c1-6-14-4-7(5-18)9(15-6)17-3-2-8(16-17)10(11,12)13/h2-4,18H,5H2,1H3. The van der Waals surface area contributed by atoms with Crippen molar-refractivity contribution >= 4 is 0 Å². The Hall–Kier alpha value is -1.96. The van der Waals surface area contributed by atoms with Crippen molar-refractivity contribution < 1.29 is 18.3 Å². The van der Waals surface area contributed by atoms with Crippen molar-refractivity contribution in [2.45, 2.75) is 19.7 Å². The van der Waals surface area contributed by atoms with Crippen LogP contribution in [-0.2, 0) is 12.8 Å². The van der Waals surface area contributed by atoms with Crippen LogP contribution in [-0.4, -0.2) is 24.9 Å². The topological polar surface area (TPSA) is 63.8 Å². The summed E-state index contributed by atoms with van der Waals surface area (Å²) in [5.74, 6) is 0.520. The summed E-state index contributed by atoms with van der Waals surface area (Å²) in [7, 11) is 0. The third kappa shape index (κ3) is 2.33. The second kappa shape index (κ2) is 4.37. The van der Waals surface area contributed by atoms with Gasteiger partial charge in [0.2, 0.25) is 0 Å². The maximum absolute atomic E-state index is 12.4. The number of aromatic nitrogens is 4. The Kier molecular flexibility index (Phi) is 3.04. The van der Waals surface area contributed by atoms with E-state index in [0.29, 0.717) is 11.4 Å². The number of halogens is 3. The minimum absolute atomic E-state index is 0.139. The SMILES string of the molecule is Cc1ncc(CO)c(-n2ccc(C(F)(F)F)n2)n1. The zero-order valence-corrected chi connectivity index (χ0v) is 9.31. The lowest BCUT2D eigenvalue weighted by atomic mass is 10.3. The van der Waals surface area contributed by atoms with Crippen LogP contribution in [0.25, 0.3) is 5.82 Å². The zero-order valence-electron chi connectivity index (χ0n) is 9.31. The smallest absolute Gasteiger partial charge is 0.391 e. The summed E-state index contributed by atoms with van der Waals surface area (Å²) in [5.41, 5.74) is -0.708. The van der Waals surface area contributed by atoms with Gasteiger partial charge < -0.3 is 5.11 Å². The number of alkyl halides is 3. The number of nitrogens with zero attached hydrogens (tertiary/aromatic N) is 4. The number of aliphatic hydroxyl groups excluding tert-OH is 1. The Morgan fingerprint density at radius 1 is 1.39 bits per heavy atom. The van der Waals surface area contributed by atoms with Crippen molar-refractivity contribution in [1.82, 2.24) is 19.7 Å². The van der Waals surface area contributed by atoms with E-state index in [4.69, 9.17) is 5.11 Å². The van der Waals surface area contributed by atoms with Gasteiger partial charge in [0.25, 0.3) is 0 Å². The number of hydrogen-bond acceptors (Lipinski definition) is 4. The maximum atomic E-state index is 12.4. The van der Waals surface area contributed by atoms with Crippen molar-refractivity contribution in [3.63, 3.8) is 0 Å². The lowest BCUT2D eigenvalue weighted by molar-refractivity contribution is -0.141. The molecule has 18 heavy (non-hydrogen) atoms. The van der Waals surface area contributed by atoms with Gasteiger partial charge in [-0.15, -0.1) is 0 Å². The van der Waals surface area contributed by atoms with Crippen LogP contribution in [0, 0.1) is 6.92 Å².